The predicted molar refractivity (Wildman–Crippen MR) is 98.7 cm³/mol. The van der Waals surface area contributed by atoms with Crippen LogP contribution in [0.25, 0.3) is 0 Å². The molecule has 1 aliphatic heterocycles. The van der Waals surface area contributed by atoms with Crippen molar-refractivity contribution in [3.63, 3.8) is 0 Å². The molecule has 1 aliphatic rings. The standard InChI is InChI=1S/C19H24N4O3/c1-22(2)17-11-18(21-13-20-17)26-16-8-9-23(12-16)19(24)10-14-4-6-15(25-3)7-5-14/h4-7,11,13,16H,8-10,12H2,1-3H3. The SMILES string of the molecule is COc1ccc(CC(=O)N2CCC(Oc3cc(N(C)C)ncn3)C2)cc1. The van der Waals surface area contributed by atoms with Crippen LogP contribution in [0.3, 0.4) is 0 Å². The van der Waals surface area contributed by atoms with E-state index < -0.39 is 0 Å². The molecular weight excluding hydrogens is 332 g/mol. The smallest absolute Gasteiger partial charge is 0.227 e. The van der Waals surface area contributed by atoms with Crippen LogP contribution >= 0.6 is 0 Å². The van der Waals surface area contributed by atoms with Crippen LogP contribution in [0.15, 0.2) is 36.7 Å². The maximum Gasteiger partial charge on any atom is 0.227 e. The molecule has 0 saturated carbocycles. The highest BCUT2D eigenvalue weighted by Crippen LogP contribution is 2.20. The number of aromatic nitrogens is 2. The Morgan fingerprint density at radius 2 is 2.04 bits per heavy atom. The lowest BCUT2D eigenvalue weighted by atomic mass is 10.1. The molecule has 1 amide bonds. The minimum absolute atomic E-state index is 0.0419. The highest BCUT2D eigenvalue weighted by molar-refractivity contribution is 5.79. The highest BCUT2D eigenvalue weighted by atomic mass is 16.5. The number of carbonyl (C=O) groups excluding carboxylic acids is 1. The van der Waals surface area contributed by atoms with Gasteiger partial charge in [-0.25, -0.2) is 9.97 Å². The minimum atomic E-state index is -0.0419. The molecule has 7 heteroatoms. The minimum Gasteiger partial charge on any atom is -0.497 e. The fourth-order valence-corrected chi connectivity index (χ4v) is 2.89. The number of hydrogen-bond donors (Lipinski definition) is 0. The van der Waals surface area contributed by atoms with Crippen molar-refractivity contribution in [3.05, 3.63) is 42.2 Å². The van der Waals surface area contributed by atoms with Crippen LogP contribution in [0.1, 0.15) is 12.0 Å². The second-order valence-corrected chi connectivity index (χ2v) is 6.50. The third-order valence-electron chi connectivity index (χ3n) is 4.39. The summed E-state index contributed by atoms with van der Waals surface area (Å²) < 4.78 is 11.1. The molecule has 1 aromatic heterocycles. The molecule has 7 nitrogen and oxygen atoms in total. The third kappa shape index (κ3) is 4.41. The van der Waals surface area contributed by atoms with Crippen LogP contribution in [0, 0.1) is 0 Å². The quantitative estimate of drug-likeness (QED) is 0.786. The summed E-state index contributed by atoms with van der Waals surface area (Å²) >= 11 is 0. The fourth-order valence-electron chi connectivity index (χ4n) is 2.89. The molecule has 0 spiro atoms. The zero-order chi connectivity index (χ0) is 18.5. The van der Waals surface area contributed by atoms with E-state index in [1.807, 2.05) is 54.2 Å². The lowest BCUT2D eigenvalue weighted by Gasteiger charge is -2.18. The average Bonchev–Trinajstić information content (AvgIpc) is 3.11. The number of hydrogen-bond acceptors (Lipinski definition) is 6. The summed E-state index contributed by atoms with van der Waals surface area (Å²) in [4.78, 5) is 24.6. The van der Waals surface area contributed by atoms with Crippen LogP contribution in [0.5, 0.6) is 11.6 Å². The summed E-state index contributed by atoms with van der Waals surface area (Å²) in [6.45, 7) is 1.28. The summed E-state index contributed by atoms with van der Waals surface area (Å²) in [6, 6.07) is 9.39. The number of anilines is 1. The molecule has 2 heterocycles. The van der Waals surface area contributed by atoms with E-state index >= 15 is 0 Å². The van der Waals surface area contributed by atoms with Crippen molar-refractivity contribution in [1.82, 2.24) is 14.9 Å². The van der Waals surface area contributed by atoms with Gasteiger partial charge in [0.25, 0.3) is 0 Å². The number of likely N-dealkylation sites (tertiary alicyclic amines) is 1. The Balaban J connectivity index is 1.54. The molecule has 1 saturated heterocycles. The van der Waals surface area contributed by atoms with E-state index in [4.69, 9.17) is 9.47 Å². The molecule has 1 fully saturated rings. The van der Waals surface area contributed by atoms with Gasteiger partial charge in [0, 0.05) is 33.1 Å². The predicted octanol–water partition coefficient (Wildman–Crippen LogP) is 1.77. The van der Waals surface area contributed by atoms with Gasteiger partial charge in [-0.05, 0) is 17.7 Å². The monoisotopic (exact) mass is 356 g/mol. The van der Waals surface area contributed by atoms with Crippen molar-refractivity contribution >= 4 is 11.7 Å². The van der Waals surface area contributed by atoms with E-state index in [1.165, 1.54) is 6.33 Å². The second-order valence-electron chi connectivity index (χ2n) is 6.50. The van der Waals surface area contributed by atoms with Gasteiger partial charge in [0.15, 0.2) is 0 Å². The Bertz CT molecular complexity index is 749. The molecule has 1 atom stereocenters. The Morgan fingerprint density at radius 1 is 1.27 bits per heavy atom. The van der Waals surface area contributed by atoms with E-state index in [1.54, 1.807) is 7.11 Å². The van der Waals surface area contributed by atoms with Gasteiger partial charge in [0.1, 0.15) is 24.0 Å². The van der Waals surface area contributed by atoms with Gasteiger partial charge in [-0.1, -0.05) is 12.1 Å². The normalized spacial score (nSPS) is 16.4. The molecule has 26 heavy (non-hydrogen) atoms. The first-order valence-electron chi connectivity index (χ1n) is 8.62. The van der Waals surface area contributed by atoms with Crippen LogP contribution in [0.2, 0.25) is 0 Å². The summed E-state index contributed by atoms with van der Waals surface area (Å²) in [5.41, 5.74) is 0.978. The molecular formula is C19H24N4O3. The number of amides is 1. The van der Waals surface area contributed by atoms with Gasteiger partial charge in [0.2, 0.25) is 11.8 Å². The van der Waals surface area contributed by atoms with Crippen LogP contribution in [0.4, 0.5) is 5.82 Å². The van der Waals surface area contributed by atoms with E-state index in [0.29, 0.717) is 25.4 Å². The van der Waals surface area contributed by atoms with Gasteiger partial charge in [-0.15, -0.1) is 0 Å². The first-order valence-corrected chi connectivity index (χ1v) is 8.62. The zero-order valence-electron chi connectivity index (χ0n) is 15.4. The summed E-state index contributed by atoms with van der Waals surface area (Å²) in [6.07, 6.45) is 2.64. The van der Waals surface area contributed by atoms with E-state index in [9.17, 15) is 4.79 Å². The topological polar surface area (TPSA) is 67.8 Å². The zero-order valence-corrected chi connectivity index (χ0v) is 15.4. The molecule has 0 N–H and O–H groups in total. The molecule has 0 aliphatic carbocycles. The Morgan fingerprint density at radius 3 is 2.73 bits per heavy atom. The van der Waals surface area contributed by atoms with Crippen LogP contribution in [-0.4, -0.2) is 61.2 Å². The molecule has 1 unspecified atom stereocenters. The van der Waals surface area contributed by atoms with Gasteiger partial charge >= 0.3 is 0 Å². The van der Waals surface area contributed by atoms with Crippen molar-refractivity contribution in [3.8, 4) is 11.6 Å². The largest absolute Gasteiger partial charge is 0.497 e. The summed E-state index contributed by atoms with van der Waals surface area (Å²) in [5, 5.41) is 0. The van der Waals surface area contributed by atoms with Gasteiger partial charge in [-0.2, -0.15) is 0 Å². The second kappa shape index (κ2) is 8.03. The Hall–Kier alpha value is -2.83. The Kier molecular flexibility index (Phi) is 5.55. The first kappa shape index (κ1) is 18.0. The number of carbonyl (C=O) groups is 1. The lowest BCUT2D eigenvalue weighted by molar-refractivity contribution is -0.129. The number of ether oxygens (including phenoxy) is 2. The Labute approximate surface area is 153 Å². The molecule has 138 valence electrons. The molecule has 0 radical (unpaired) electrons. The van der Waals surface area contributed by atoms with Gasteiger partial charge < -0.3 is 19.3 Å². The van der Waals surface area contributed by atoms with E-state index in [0.717, 1.165) is 23.6 Å². The molecule has 3 rings (SSSR count). The number of nitrogens with zero attached hydrogens (tertiary/aromatic N) is 4. The van der Waals surface area contributed by atoms with Crippen LogP contribution in [-0.2, 0) is 11.2 Å². The number of rotatable bonds is 6. The highest BCUT2D eigenvalue weighted by Gasteiger charge is 2.28. The third-order valence-corrected chi connectivity index (χ3v) is 4.39. The van der Waals surface area contributed by atoms with Gasteiger partial charge in [0.05, 0.1) is 20.1 Å². The summed E-state index contributed by atoms with van der Waals surface area (Å²) in [7, 11) is 5.46. The van der Waals surface area contributed by atoms with E-state index in [2.05, 4.69) is 9.97 Å². The van der Waals surface area contributed by atoms with Crippen molar-refractivity contribution in [2.24, 2.45) is 0 Å². The molecule has 1 aromatic carbocycles. The van der Waals surface area contributed by atoms with Crippen molar-refractivity contribution in [2.75, 3.05) is 39.2 Å². The number of methoxy groups -OCH3 is 1. The van der Waals surface area contributed by atoms with E-state index in [-0.39, 0.29) is 12.0 Å². The average molecular weight is 356 g/mol. The molecule has 0 bridgehead atoms. The number of benzene rings is 1. The molecule has 2 aromatic rings. The van der Waals surface area contributed by atoms with Gasteiger partial charge in [-0.3, -0.25) is 4.79 Å². The maximum atomic E-state index is 12.5. The van der Waals surface area contributed by atoms with Crippen molar-refractivity contribution in [2.45, 2.75) is 18.9 Å². The van der Waals surface area contributed by atoms with Crippen LogP contribution < -0.4 is 14.4 Å². The van der Waals surface area contributed by atoms with Crippen molar-refractivity contribution in [1.29, 1.82) is 0 Å². The summed E-state index contributed by atoms with van der Waals surface area (Å²) in [5.74, 6) is 2.23. The lowest BCUT2D eigenvalue weighted by Crippen LogP contribution is -2.32. The maximum absolute atomic E-state index is 12.5. The fraction of sp³-hybridized carbons (Fsp3) is 0.421. The first-order chi connectivity index (χ1) is 12.5. The van der Waals surface area contributed by atoms with Crippen molar-refractivity contribution < 1.29 is 14.3 Å².